The number of carbonyl (C=O) groups excluding carboxylic acids is 1. The zero-order chi connectivity index (χ0) is 13.2. The van der Waals surface area contributed by atoms with Crippen molar-refractivity contribution in [1.29, 1.82) is 0 Å². The number of unbranched alkanes of at least 4 members (excludes halogenated alkanes) is 2. The summed E-state index contributed by atoms with van der Waals surface area (Å²) in [5.41, 5.74) is 0. The average molecular weight is 272 g/mol. The second-order valence-corrected chi connectivity index (χ2v) is 4.32. The molecule has 2 N–H and O–H groups in total. The van der Waals surface area contributed by atoms with Crippen LogP contribution in [-0.4, -0.2) is 30.8 Å². The lowest BCUT2D eigenvalue weighted by atomic mass is 10.2. The molecule has 0 saturated carbocycles. The van der Waals surface area contributed by atoms with Crippen LogP contribution in [0.15, 0.2) is 24.3 Å². The van der Waals surface area contributed by atoms with E-state index in [1.165, 1.54) is 0 Å². The van der Waals surface area contributed by atoms with Crippen LogP contribution < -0.4 is 10.1 Å². The molecule has 0 fully saturated rings. The van der Waals surface area contributed by atoms with Crippen molar-refractivity contribution in [3.05, 3.63) is 29.3 Å². The normalized spacial score (nSPS) is 10.1. The highest BCUT2D eigenvalue weighted by Crippen LogP contribution is 2.16. The van der Waals surface area contributed by atoms with Crippen molar-refractivity contribution < 1.29 is 14.6 Å². The highest BCUT2D eigenvalue weighted by Gasteiger charge is 2.02. The lowest BCUT2D eigenvalue weighted by molar-refractivity contribution is -0.123. The topological polar surface area (TPSA) is 58.6 Å². The fourth-order valence-electron chi connectivity index (χ4n) is 1.40. The van der Waals surface area contributed by atoms with Crippen LogP contribution in [-0.2, 0) is 4.79 Å². The number of aliphatic hydroxyl groups is 1. The number of carbonyl (C=O) groups is 1. The minimum absolute atomic E-state index is 0.0135. The quantitative estimate of drug-likeness (QED) is 0.711. The maximum atomic E-state index is 11.4. The predicted molar refractivity (Wildman–Crippen MR) is 70.9 cm³/mol. The molecule has 0 bridgehead atoms. The Morgan fingerprint density at radius 3 is 2.89 bits per heavy atom. The summed E-state index contributed by atoms with van der Waals surface area (Å²) < 4.78 is 5.29. The molecule has 0 aliphatic heterocycles. The van der Waals surface area contributed by atoms with Gasteiger partial charge in [-0.2, -0.15) is 0 Å². The number of halogens is 1. The molecule has 0 aromatic heterocycles. The summed E-state index contributed by atoms with van der Waals surface area (Å²) >= 11 is 5.79. The number of rotatable bonds is 8. The van der Waals surface area contributed by atoms with Crippen molar-refractivity contribution >= 4 is 17.5 Å². The van der Waals surface area contributed by atoms with E-state index in [0.29, 0.717) is 17.3 Å². The molecule has 4 nitrogen and oxygen atoms in total. The first-order valence-corrected chi connectivity index (χ1v) is 6.36. The van der Waals surface area contributed by atoms with Gasteiger partial charge in [-0.25, -0.2) is 0 Å². The Labute approximate surface area is 112 Å². The van der Waals surface area contributed by atoms with Crippen LogP contribution in [0.3, 0.4) is 0 Å². The minimum atomic E-state index is -0.154. The third kappa shape index (κ3) is 6.47. The smallest absolute Gasteiger partial charge is 0.257 e. The fraction of sp³-hybridized carbons (Fsp3) is 0.462. The van der Waals surface area contributed by atoms with E-state index >= 15 is 0 Å². The second kappa shape index (κ2) is 8.78. The van der Waals surface area contributed by atoms with Gasteiger partial charge >= 0.3 is 0 Å². The Morgan fingerprint density at radius 2 is 2.17 bits per heavy atom. The van der Waals surface area contributed by atoms with Crippen LogP contribution in [0.5, 0.6) is 5.75 Å². The Balaban J connectivity index is 2.13. The number of nitrogens with one attached hydrogen (secondary N) is 1. The highest BCUT2D eigenvalue weighted by molar-refractivity contribution is 6.30. The van der Waals surface area contributed by atoms with Gasteiger partial charge in [0.1, 0.15) is 5.75 Å². The van der Waals surface area contributed by atoms with E-state index in [4.69, 9.17) is 21.4 Å². The Hall–Kier alpha value is -1.26. The zero-order valence-electron chi connectivity index (χ0n) is 10.2. The summed E-state index contributed by atoms with van der Waals surface area (Å²) in [5.74, 6) is 0.428. The molecule has 0 atom stereocenters. The highest BCUT2D eigenvalue weighted by atomic mass is 35.5. The second-order valence-electron chi connectivity index (χ2n) is 3.88. The summed E-state index contributed by atoms with van der Waals surface area (Å²) in [7, 11) is 0. The summed E-state index contributed by atoms with van der Waals surface area (Å²) in [6, 6.07) is 6.93. The third-order valence-electron chi connectivity index (χ3n) is 2.32. The molecule has 1 rings (SSSR count). The standard InChI is InChI=1S/C13H18ClNO3/c14-11-5-4-6-12(9-11)18-10-13(17)15-7-2-1-3-8-16/h4-6,9,16H,1-3,7-8,10H2,(H,15,17). The molecule has 0 heterocycles. The number of ether oxygens (including phenoxy) is 1. The van der Waals surface area contributed by atoms with Gasteiger partial charge in [0.25, 0.3) is 5.91 Å². The lowest BCUT2D eigenvalue weighted by Gasteiger charge is -2.07. The van der Waals surface area contributed by atoms with Gasteiger partial charge in [0.05, 0.1) is 0 Å². The number of amides is 1. The van der Waals surface area contributed by atoms with E-state index in [-0.39, 0.29) is 19.1 Å². The molecule has 5 heteroatoms. The van der Waals surface area contributed by atoms with Gasteiger partial charge in [-0.1, -0.05) is 17.7 Å². The summed E-state index contributed by atoms with van der Waals surface area (Å²) in [5, 5.41) is 11.9. The number of hydrogen-bond donors (Lipinski definition) is 2. The Bertz CT molecular complexity index is 371. The van der Waals surface area contributed by atoms with Crippen molar-refractivity contribution in [3.8, 4) is 5.75 Å². The average Bonchev–Trinajstić information content (AvgIpc) is 2.36. The van der Waals surface area contributed by atoms with Gasteiger partial charge in [-0.15, -0.1) is 0 Å². The monoisotopic (exact) mass is 271 g/mol. The molecule has 0 saturated heterocycles. The van der Waals surface area contributed by atoms with Crippen molar-refractivity contribution in [3.63, 3.8) is 0 Å². The Kier molecular flexibility index (Phi) is 7.22. The molecule has 0 spiro atoms. The van der Waals surface area contributed by atoms with Gasteiger partial charge in [-0.05, 0) is 37.5 Å². The summed E-state index contributed by atoms with van der Waals surface area (Å²) in [4.78, 5) is 11.4. The van der Waals surface area contributed by atoms with E-state index < -0.39 is 0 Å². The van der Waals surface area contributed by atoms with E-state index in [0.717, 1.165) is 19.3 Å². The minimum Gasteiger partial charge on any atom is -0.484 e. The molecule has 0 aliphatic carbocycles. The summed E-state index contributed by atoms with van der Waals surface area (Å²) in [6.45, 7) is 0.796. The number of hydrogen-bond acceptors (Lipinski definition) is 3. The van der Waals surface area contributed by atoms with Gasteiger partial charge in [0.2, 0.25) is 0 Å². The van der Waals surface area contributed by atoms with E-state index in [1.54, 1.807) is 24.3 Å². The SMILES string of the molecule is O=C(COc1cccc(Cl)c1)NCCCCCO. The molecular formula is C13H18ClNO3. The van der Waals surface area contributed by atoms with Crippen molar-refractivity contribution in [2.75, 3.05) is 19.8 Å². The number of benzene rings is 1. The van der Waals surface area contributed by atoms with Gasteiger partial charge in [0, 0.05) is 18.2 Å². The molecule has 0 unspecified atom stereocenters. The first kappa shape index (κ1) is 14.8. The van der Waals surface area contributed by atoms with Crippen molar-refractivity contribution in [2.24, 2.45) is 0 Å². The first-order chi connectivity index (χ1) is 8.72. The third-order valence-corrected chi connectivity index (χ3v) is 2.56. The van der Waals surface area contributed by atoms with Gasteiger partial charge < -0.3 is 15.2 Å². The Morgan fingerprint density at radius 1 is 1.33 bits per heavy atom. The van der Waals surface area contributed by atoms with Gasteiger partial charge in [-0.3, -0.25) is 4.79 Å². The van der Waals surface area contributed by atoms with Crippen LogP contribution in [0, 0.1) is 0 Å². The molecule has 0 radical (unpaired) electrons. The van der Waals surface area contributed by atoms with E-state index in [2.05, 4.69) is 5.32 Å². The lowest BCUT2D eigenvalue weighted by Crippen LogP contribution is -2.29. The van der Waals surface area contributed by atoms with Crippen LogP contribution in [0.2, 0.25) is 5.02 Å². The van der Waals surface area contributed by atoms with E-state index in [1.807, 2.05) is 0 Å². The molecule has 1 amide bonds. The number of aliphatic hydroxyl groups excluding tert-OH is 1. The van der Waals surface area contributed by atoms with Crippen LogP contribution in [0.1, 0.15) is 19.3 Å². The van der Waals surface area contributed by atoms with Crippen LogP contribution in [0.25, 0.3) is 0 Å². The molecular weight excluding hydrogens is 254 g/mol. The maximum absolute atomic E-state index is 11.4. The molecule has 1 aromatic carbocycles. The van der Waals surface area contributed by atoms with Crippen LogP contribution in [0.4, 0.5) is 0 Å². The molecule has 18 heavy (non-hydrogen) atoms. The molecule has 100 valence electrons. The van der Waals surface area contributed by atoms with Crippen molar-refractivity contribution in [1.82, 2.24) is 5.32 Å². The predicted octanol–water partition coefficient (Wildman–Crippen LogP) is 2.00. The van der Waals surface area contributed by atoms with Crippen LogP contribution >= 0.6 is 11.6 Å². The van der Waals surface area contributed by atoms with Crippen molar-refractivity contribution in [2.45, 2.75) is 19.3 Å². The van der Waals surface area contributed by atoms with E-state index in [9.17, 15) is 4.79 Å². The first-order valence-electron chi connectivity index (χ1n) is 5.98. The maximum Gasteiger partial charge on any atom is 0.257 e. The zero-order valence-corrected chi connectivity index (χ0v) is 10.9. The largest absolute Gasteiger partial charge is 0.484 e. The fourth-order valence-corrected chi connectivity index (χ4v) is 1.58. The molecule has 0 aliphatic rings. The summed E-state index contributed by atoms with van der Waals surface area (Å²) in [6.07, 6.45) is 2.55. The van der Waals surface area contributed by atoms with Gasteiger partial charge in [0.15, 0.2) is 6.61 Å². The molecule has 1 aromatic rings.